The van der Waals surface area contributed by atoms with Gasteiger partial charge in [-0.2, -0.15) is 8.78 Å². The average Bonchev–Trinajstić information content (AvgIpc) is 2.74. The molecule has 0 spiro atoms. The molecule has 1 aliphatic rings. The first-order valence-corrected chi connectivity index (χ1v) is 9.86. The van der Waals surface area contributed by atoms with Gasteiger partial charge in [-0.25, -0.2) is 0 Å². The van der Waals surface area contributed by atoms with Gasteiger partial charge in [0.2, 0.25) is 5.91 Å². The van der Waals surface area contributed by atoms with Crippen LogP contribution in [0.4, 0.5) is 8.78 Å². The predicted molar refractivity (Wildman–Crippen MR) is 112 cm³/mol. The van der Waals surface area contributed by atoms with Crippen molar-refractivity contribution >= 4 is 23.5 Å². The number of carbonyl (C=O) groups is 1. The Kier molecular flexibility index (Phi) is 7.46. The number of hydrogen-bond acceptors (Lipinski definition) is 3. The Labute approximate surface area is 178 Å². The van der Waals surface area contributed by atoms with Gasteiger partial charge in [-0.1, -0.05) is 35.9 Å². The van der Waals surface area contributed by atoms with Gasteiger partial charge in [-0.05, 0) is 35.7 Å². The van der Waals surface area contributed by atoms with Crippen molar-refractivity contribution in [2.75, 3.05) is 20.1 Å². The molecule has 0 bridgehead atoms. The summed E-state index contributed by atoms with van der Waals surface area (Å²) >= 11 is 5.96. The van der Waals surface area contributed by atoms with Gasteiger partial charge in [0.1, 0.15) is 5.75 Å². The van der Waals surface area contributed by atoms with Gasteiger partial charge >= 0.3 is 6.61 Å². The van der Waals surface area contributed by atoms with E-state index in [0.717, 1.165) is 12.0 Å². The van der Waals surface area contributed by atoms with Gasteiger partial charge in [-0.15, -0.1) is 0 Å². The molecule has 0 saturated heterocycles. The van der Waals surface area contributed by atoms with Crippen LogP contribution in [0.1, 0.15) is 16.7 Å². The summed E-state index contributed by atoms with van der Waals surface area (Å²) in [6, 6.07) is 12.5. The summed E-state index contributed by atoms with van der Waals surface area (Å²) in [5.41, 5.74) is 2.88. The van der Waals surface area contributed by atoms with Crippen molar-refractivity contribution in [1.29, 1.82) is 0 Å². The summed E-state index contributed by atoms with van der Waals surface area (Å²) in [5, 5.41) is 6.35. The predicted octanol–water partition coefficient (Wildman–Crippen LogP) is 3.19. The minimum absolute atomic E-state index is 0.0282. The Bertz CT molecular complexity index is 924. The van der Waals surface area contributed by atoms with Gasteiger partial charge in [0, 0.05) is 37.3 Å². The molecule has 30 heavy (non-hydrogen) atoms. The van der Waals surface area contributed by atoms with Crippen LogP contribution in [0, 0.1) is 0 Å². The van der Waals surface area contributed by atoms with E-state index in [1.807, 2.05) is 18.2 Å². The number of aliphatic imine (C=N–C) groups is 1. The molecular weight excluding hydrogens is 414 g/mol. The molecule has 0 unspecified atom stereocenters. The van der Waals surface area contributed by atoms with Crippen LogP contribution >= 0.6 is 11.6 Å². The molecule has 3 rings (SSSR count). The molecule has 6 nitrogen and oxygen atoms in total. The number of alkyl halides is 2. The molecule has 1 aliphatic heterocycles. The van der Waals surface area contributed by atoms with Crippen molar-refractivity contribution in [2.45, 2.75) is 26.1 Å². The molecule has 2 N–H and O–H groups in total. The van der Waals surface area contributed by atoms with E-state index in [2.05, 4.69) is 26.4 Å². The summed E-state index contributed by atoms with van der Waals surface area (Å²) in [6.07, 6.45) is 0.830. The largest absolute Gasteiger partial charge is 0.434 e. The summed E-state index contributed by atoms with van der Waals surface area (Å²) in [6.45, 7) is -1.47. The van der Waals surface area contributed by atoms with Gasteiger partial charge in [0.25, 0.3) is 0 Å². The molecule has 0 aliphatic carbocycles. The number of halogens is 3. The zero-order chi connectivity index (χ0) is 21.5. The lowest BCUT2D eigenvalue weighted by atomic mass is 10.00. The summed E-state index contributed by atoms with van der Waals surface area (Å²) in [7, 11) is 1.56. The number of benzene rings is 2. The van der Waals surface area contributed by atoms with Crippen LogP contribution in [0.15, 0.2) is 47.5 Å². The van der Waals surface area contributed by atoms with Crippen molar-refractivity contribution in [3.05, 3.63) is 64.2 Å². The van der Waals surface area contributed by atoms with Gasteiger partial charge in [-0.3, -0.25) is 9.79 Å². The Morgan fingerprint density at radius 3 is 2.73 bits per heavy atom. The van der Waals surface area contributed by atoms with E-state index in [1.165, 1.54) is 23.8 Å². The number of fused-ring (bicyclic) bond motifs is 1. The Morgan fingerprint density at radius 2 is 2.00 bits per heavy atom. The third-order valence-corrected chi connectivity index (χ3v) is 5.03. The van der Waals surface area contributed by atoms with Crippen molar-refractivity contribution in [3.8, 4) is 5.75 Å². The van der Waals surface area contributed by atoms with E-state index in [-0.39, 0.29) is 24.7 Å². The molecular formula is C21H23ClF2N4O2. The Balaban J connectivity index is 1.53. The van der Waals surface area contributed by atoms with Crippen LogP contribution in [0.3, 0.4) is 0 Å². The molecule has 0 fully saturated rings. The second-order valence-electron chi connectivity index (χ2n) is 6.74. The quantitative estimate of drug-likeness (QED) is 0.539. The summed E-state index contributed by atoms with van der Waals surface area (Å²) in [5.74, 6) is 0.348. The van der Waals surface area contributed by atoms with Crippen LogP contribution in [-0.2, 0) is 24.3 Å². The highest BCUT2D eigenvalue weighted by molar-refractivity contribution is 6.30. The van der Waals surface area contributed by atoms with Crippen molar-refractivity contribution in [2.24, 2.45) is 4.99 Å². The lowest BCUT2D eigenvalue weighted by Gasteiger charge is -2.29. The van der Waals surface area contributed by atoms with E-state index in [4.69, 9.17) is 11.6 Å². The van der Waals surface area contributed by atoms with E-state index in [9.17, 15) is 13.6 Å². The lowest BCUT2D eigenvalue weighted by molar-refractivity contribution is -0.130. The number of rotatable bonds is 6. The van der Waals surface area contributed by atoms with E-state index in [1.54, 1.807) is 11.9 Å². The first kappa shape index (κ1) is 21.8. The maximum atomic E-state index is 12.6. The maximum absolute atomic E-state index is 12.6. The second-order valence-corrected chi connectivity index (χ2v) is 7.18. The number of carbonyl (C=O) groups excluding carboxylic acids is 1. The molecule has 160 valence electrons. The summed E-state index contributed by atoms with van der Waals surface area (Å²) in [4.78, 5) is 18.5. The Morgan fingerprint density at radius 1 is 1.23 bits per heavy atom. The third-order valence-electron chi connectivity index (χ3n) is 4.80. The zero-order valence-corrected chi connectivity index (χ0v) is 17.3. The van der Waals surface area contributed by atoms with E-state index in [0.29, 0.717) is 29.6 Å². The van der Waals surface area contributed by atoms with Crippen molar-refractivity contribution in [1.82, 2.24) is 15.5 Å². The number of nitrogens with one attached hydrogen (secondary N) is 2. The number of guanidine groups is 1. The highest BCUT2D eigenvalue weighted by Crippen LogP contribution is 2.24. The number of amides is 1. The molecule has 0 aromatic heterocycles. The van der Waals surface area contributed by atoms with Gasteiger partial charge in [0.05, 0.1) is 6.54 Å². The normalized spacial score (nSPS) is 13.8. The topological polar surface area (TPSA) is 66.0 Å². The molecule has 2 aromatic carbocycles. The highest BCUT2D eigenvalue weighted by Gasteiger charge is 2.20. The molecule has 0 radical (unpaired) electrons. The van der Waals surface area contributed by atoms with E-state index < -0.39 is 6.61 Å². The number of ether oxygens (including phenoxy) is 1. The van der Waals surface area contributed by atoms with Gasteiger partial charge in [0.15, 0.2) is 5.96 Å². The number of hydrogen-bond donors (Lipinski definition) is 2. The molecule has 0 atom stereocenters. The second kappa shape index (κ2) is 10.2. The standard InChI is InChI=1S/C21H23ClF2N4O2/c1-25-21(26-11-16-10-17(22)6-7-18(16)30-20(23)24)27-12-19(29)28-9-8-14-4-2-3-5-15(14)13-28/h2-7,10,20H,8-9,11-13H2,1H3,(H2,25,26,27). The smallest absolute Gasteiger partial charge is 0.387 e. The molecule has 2 aromatic rings. The summed E-state index contributed by atoms with van der Waals surface area (Å²) < 4.78 is 29.7. The first-order chi connectivity index (χ1) is 14.5. The molecule has 0 saturated carbocycles. The van der Waals surface area contributed by atoms with E-state index >= 15 is 0 Å². The molecule has 9 heteroatoms. The van der Waals surface area contributed by atoms with Crippen LogP contribution in [0.2, 0.25) is 5.02 Å². The number of nitrogens with zero attached hydrogens (tertiary/aromatic N) is 2. The molecule has 1 amide bonds. The molecule has 1 heterocycles. The minimum atomic E-state index is -2.94. The van der Waals surface area contributed by atoms with Crippen molar-refractivity contribution in [3.63, 3.8) is 0 Å². The third kappa shape index (κ3) is 5.82. The van der Waals surface area contributed by atoms with Crippen molar-refractivity contribution < 1.29 is 18.3 Å². The average molecular weight is 437 g/mol. The first-order valence-electron chi connectivity index (χ1n) is 9.48. The fourth-order valence-electron chi connectivity index (χ4n) is 3.28. The monoisotopic (exact) mass is 436 g/mol. The minimum Gasteiger partial charge on any atom is -0.434 e. The maximum Gasteiger partial charge on any atom is 0.387 e. The SMILES string of the molecule is CN=C(NCC(=O)N1CCc2ccccc2C1)NCc1cc(Cl)ccc1OC(F)F. The van der Waals surface area contributed by atoms with Gasteiger partial charge < -0.3 is 20.3 Å². The lowest BCUT2D eigenvalue weighted by Crippen LogP contribution is -2.45. The fraction of sp³-hybridized carbons (Fsp3) is 0.333. The van der Waals surface area contributed by atoms with Crippen LogP contribution in [-0.4, -0.2) is 43.5 Å². The van der Waals surface area contributed by atoms with Crippen LogP contribution in [0.25, 0.3) is 0 Å². The van der Waals surface area contributed by atoms with Crippen LogP contribution in [0.5, 0.6) is 5.75 Å². The fourth-order valence-corrected chi connectivity index (χ4v) is 3.47. The van der Waals surface area contributed by atoms with Crippen LogP contribution < -0.4 is 15.4 Å². The zero-order valence-electron chi connectivity index (χ0n) is 16.5. The highest BCUT2D eigenvalue weighted by atomic mass is 35.5. The Hall–Kier alpha value is -2.87.